The molecule has 2 atom stereocenters. The molecular formula is C23H23N3O4S. The first kappa shape index (κ1) is 21.0. The Morgan fingerprint density at radius 3 is 2.71 bits per heavy atom. The molecule has 0 spiro atoms. The Hall–Kier alpha value is -3.23. The van der Waals surface area contributed by atoms with E-state index in [9.17, 15) is 4.79 Å². The van der Waals surface area contributed by atoms with Crippen molar-refractivity contribution in [2.24, 2.45) is 0 Å². The first-order valence-corrected chi connectivity index (χ1v) is 10.3. The van der Waals surface area contributed by atoms with Gasteiger partial charge in [-0.1, -0.05) is 24.3 Å². The maximum atomic E-state index is 12.2. The lowest BCUT2D eigenvalue weighted by molar-refractivity contribution is 0.0601. The Kier molecular flexibility index (Phi) is 6.29. The normalized spacial score (nSPS) is 18.1. The molecule has 1 fully saturated rings. The highest BCUT2D eigenvalue weighted by molar-refractivity contribution is 7.80. The molecule has 2 aromatic heterocycles. The van der Waals surface area contributed by atoms with E-state index in [1.807, 2.05) is 47.4 Å². The van der Waals surface area contributed by atoms with Crippen molar-refractivity contribution in [2.45, 2.75) is 12.1 Å². The fourth-order valence-electron chi connectivity index (χ4n) is 3.79. The minimum Gasteiger partial charge on any atom is -0.465 e. The Morgan fingerprint density at radius 2 is 1.97 bits per heavy atom. The Balaban J connectivity index is 1.73. The SMILES string of the molecule is COCCN1C(=S)N[C@@H](c2ccccn2)[C@@H]1c1ccc(-c2ccccc2C(=O)OC)o1. The molecule has 0 saturated carbocycles. The fraction of sp³-hybridized carbons (Fsp3) is 0.261. The average molecular weight is 438 g/mol. The minimum absolute atomic E-state index is 0.180. The predicted molar refractivity (Wildman–Crippen MR) is 120 cm³/mol. The van der Waals surface area contributed by atoms with Gasteiger partial charge in [0.1, 0.15) is 17.6 Å². The molecule has 0 radical (unpaired) electrons. The maximum Gasteiger partial charge on any atom is 0.338 e. The number of nitrogens with zero attached hydrogens (tertiary/aromatic N) is 2. The third-order valence-corrected chi connectivity index (χ3v) is 5.60. The molecule has 1 aliphatic rings. The summed E-state index contributed by atoms with van der Waals surface area (Å²) in [4.78, 5) is 18.8. The Morgan fingerprint density at radius 1 is 1.16 bits per heavy atom. The van der Waals surface area contributed by atoms with Gasteiger partial charge in [0.2, 0.25) is 0 Å². The molecule has 1 aromatic carbocycles. The topological polar surface area (TPSA) is 76.8 Å². The molecule has 3 heterocycles. The van der Waals surface area contributed by atoms with E-state index < -0.39 is 5.97 Å². The summed E-state index contributed by atoms with van der Waals surface area (Å²) in [5.74, 6) is 0.888. The van der Waals surface area contributed by atoms with Gasteiger partial charge in [0.25, 0.3) is 0 Å². The number of hydrogen-bond donors (Lipinski definition) is 1. The molecule has 1 aliphatic heterocycles. The molecule has 0 bridgehead atoms. The van der Waals surface area contributed by atoms with Crippen LogP contribution in [-0.4, -0.2) is 48.3 Å². The number of hydrogen-bond acceptors (Lipinski definition) is 6. The highest BCUT2D eigenvalue weighted by Crippen LogP contribution is 2.40. The second-order valence-corrected chi connectivity index (χ2v) is 7.44. The number of aromatic nitrogens is 1. The lowest BCUT2D eigenvalue weighted by Gasteiger charge is -2.25. The quantitative estimate of drug-likeness (QED) is 0.442. The van der Waals surface area contributed by atoms with Crippen molar-refractivity contribution >= 4 is 23.3 Å². The summed E-state index contributed by atoms with van der Waals surface area (Å²) in [5.41, 5.74) is 1.98. The van der Waals surface area contributed by atoms with Gasteiger partial charge in [-0.15, -0.1) is 0 Å². The molecule has 3 aromatic rings. The number of methoxy groups -OCH3 is 2. The van der Waals surface area contributed by atoms with Crippen molar-refractivity contribution in [3.63, 3.8) is 0 Å². The zero-order valence-electron chi connectivity index (χ0n) is 17.3. The average Bonchev–Trinajstić information content (AvgIpc) is 3.42. The van der Waals surface area contributed by atoms with Gasteiger partial charge in [0.05, 0.1) is 31.0 Å². The number of carbonyl (C=O) groups excluding carboxylic acids is 1. The van der Waals surface area contributed by atoms with Crippen molar-refractivity contribution in [1.82, 2.24) is 15.2 Å². The molecule has 1 saturated heterocycles. The van der Waals surface area contributed by atoms with Gasteiger partial charge in [0.15, 0.2) is 5.11 Å². The molecule has 0 aliphatic carbocycles. The first-order chi connectivity index (χ1) is 15.1. The molecule has 7 nitrogen and oxygen atoms in total. The van der Waals surface area contributed by atoms with Crippen LogP contribution < -0.4 is 5.32 Å². The number of furan rings is 1. The van der Waals surface area contributed by atoms with E-state index in [1.165, 1.54) is 7.11 Å². The maximum absolute atomic E-state index is 12.2. The van der Waals surface area contributed by atoms with Gasteiger partial charge in [-0.2, -0.15) is 0 Å². The first-order valence-electron chi connectivity index (χ1n) is 9.88. The molecule has 8 heteroatoms. The highest BCUT2D eigenvalue weighted by atomic mass is 32.1. The van der Waals surface area contributed by atoms with E-state index in [1.54, 1.807) is 25.4 Å². The molecule has 0 unspecified atom stereocenters. The van der Waals surface area contributed by atoms with Gasteiger partial charge in [-0.05, 0) is 42.5 Å². The fourth-order valence-corrected chi connectivity index (χ4v) is 4.12. The Bertz CT molecular complexity index is 1070. The summed E-state index contributed by atoms with van der Waals surface area (Å²) < 4.78 is 16.5. The van der Waals surface area contributed by atoms with Crippen molar-refractivity contribution in [3.05, 3.63) is 77.8 Å². The molecule has 4 rings (SSSR count). The molecule has 31 heavy (non-hydrogen) atoms. The number of thiocarbonyl (C=S) groups is 1. The minimum atomic E-state index is -0.412. The van der Waals surface area contributed by atoms with Gasteiger partial charge >= 0.3 is 5.97 Å². The lowest BCUT2D eigenvalue weighted by Crippen LogP contribution is -2.32. The van der Waals surface area contributed by atoms with Crippen LogP contribution in [0.4, 0.5) is 0 Å². The summed E-state index contributed by atoms with van der Waals surface area (Å²) in [7, 11) is 3.02. The highest BCUT2D eigenvalue weighted by Gasteiger charge is 2.41. The second-order valence-electron chi connectivity index (χ2n) is 7.05. The van der Waals surface area contributed by atoms with Crippen LogP contribution in [-0.2, 0) is 9.47 Å². The van der Waals surface area contributed by atoms with E-state index in [4.69, 9.17) is 26.1 Å². The number of esters is 1. The van der Waals surface area contributed by atoms with Gasteiger partial charge in [0, 0.05) is 25.4 Å². The van der Waals surface area contributed by atoms with Crippen molar-refractivity contribution in [2.75, 3.05) is 27.4 Å². The van der Waals surface area contributed by atoms with Crippen LogP contribution in [0.1, 0.15) is 33.9 Å². The number of benzene rings is 1. The monoisotopic (exact) mass is 437 g/mol. The summed E-state index contributed by atoms with van der Waals surface area (Å²) in [5, 5.41) is 3.99. The molecule has 1 N–H and O–H groups in total. The standard InChI is InChI=1S/C23H23N3O4S/c1-28-14-13-26-21(20(25-23(26)31)17-9-5-6-12-24-17)19-11-10-18(30-19)15-7-3-4-8-16(15)22(27)29-2/h3-12,20-21H,13-14H2,1-2H3,(H,25,31)/t20-,21-/m0/s1. The van der Waals surface area contributed by atoms with Crippen molar-refractivity contribution in [3.8, 4) is 11.3 Å². The summed E-state index contributed by atoms with van der Waals surface area (Å²) in [6.45, 7) is 1.12. The number of rotatable bonds is 7. The van der Waals surface area contributed by atoms with Crippen LogP contribution in [0, 0.1) is 0 Å². The van der Waals surface area contributed by atoms with Crippen LogP contribution in [0.2, 0.25) is 0 Å². The number of nitrogens with one attached hydrogen (secondary N) is 1. The smallest absolute Gasteiger partial charge is 0.338 e. The third kappa shape index (κ3) is 4.17. The summed E-state index contributed by atoms with van der Waals surface area (Å²) >= 11 is 5.61. The van der Waals surface area contributed by atoms with E-state index in [-0.39, 0.29) is 12.1 Å². The molecular weight excluding hydrogens is 414 g/mol. The number of ether oxygens (including phenoxy) is 2. The summed E-state index contributed by atoms with van der Waals surface area (Å²) in [6, 6.07) is 16.4. The molecule has 160 valence electrons. The van der Waals surface area contributed by atoms with Crippen LogP contribution in [0.15, 0.2) is 65.2 Å². The van der Waals surface area contributed by atoms with E-state index >= 15 is 0 Å². The van der Waals surface area contributed by atoms with E-state index in [2.05, 4.69) is 10.3 Å². The van der Waals surface area contributed by atoms with E-state index in [0.717, 1.165) is 5.69 Å². The van der Waals surface area contributed by atoms with Crippen molar-refractivity contribution in [1.29, 1.82) is 0 Å². The summed E-state index contributed by atoms with van der Waals surface area (Å²) in [6.07, 6.45) is 1.76. The van der Waals surface area contributed by atoms with Gasteiger partial charge in [-0.25, -0.2) is 4.79 Å². The van der Waals surface area contributed by atoms with Gasteiger partial charge in [-0.3, -0.25) is 4.98 Å². The van der Waals surface area contributed by atoms with Crippen LogP contribution >= 0.6 is 12.2 Å². The van der Waals surface area contributed by atoms with Crippen LogP contribution in [0.5, 0.6) is 0 Å². The zero-order chi connectivity index (χ0) is 21.8. The van der Waals surface area contributed by atoms with Crippen LogP contribution in [0.3, 0.4) is 0 Å². The zero-order valence-corrected chi connectivity index (χ0v) is 18.1. The number of carbonyl (C=O) groups is 1. The second kappa shape index (κ2) is 9.28. The van der Waals surface area contributed by atoms with Crippen LogP contribution in [0.25, 0.3) is 11.3 Å². The van der Waals surface area contributed by atoms with Crippen molar-refractivity contribution < 1.29 is 18.7 Å². The van der Waals surface area contributed by atoms with Gasteiger partial charge < -0.3 is 24.1 Å². The lowest BCUT2D eigenvalue weighted by atomic mass is 10.0. The molecule has 0 amide bonds. The largest absolute Gasteiger partial charge is 0.465 e. The Labute approximate surface area is 186 Å². The number of pyridine rings is 1. The third-order valence-electron chi connectivity index (χ3n) is 5.25. The predicted octanol–water partition coefficient (Wildman–Crippen LogP) is 3.75. The van der Waals surface area contributed by atoms with E-state index in [0.29, 0.717) is 40.9 Å².